The highest BCUT2D eigenvalue weighted by molar-refractivity contribution is 5.78. The van der Waals surface area contributed by atoms with Crippen LogP contribution in [0.25, 0.3) is 0 Å². The summed E-state index contributed by atoms with van der Waals surface area (Å²) < 4.78 is 4.84. The number of amides is 1. The molecule has 1 amide bonds. The van der Waals surface area contributed by atoms with Crippen molar-refractivity contribution in [2.24, 2.45) is 11.7 Å². The summed E-state index contributed by atoms with van der Waals surface area (Å²) in [5.41, 5.74) is 5.82. The molecule has 21 heavy (non-hydrogen) atoms. The molecule has 2 atom stereocenters. The highest BCUT2D eigenvalue weighted by atomic mass is 16.5. The van der Waals surface area contributed by atoms with Crippen molar-refractivity contribution in [2.75, 3.05) is 32.8 Å². The van der Waals surface area contributed by atoms with Gasteiger partial charge in [-0.25, -0.2) is 0 Å². The number of nitrogens with one attached hydrogen (secondary N) is 1. The number of esters is 1. The number of nitrogens with two attached hydrogens (primary N) is 1. The van der Waals surface area contributed by atoms with E-state index in [1.807, 2.05) is 0 Å². The first-order chi connectivity index (χ1) is 10.1. The van der Waals surface area contributed by atoms with Crippen molar-refractivity contribution in [2.45, 2.75) is 45.6 Å². The van der Waals surface area contributed by atoms with Gasteiger partial charge in [-0.15, -0.1) is 0 Å². The zero-order chi connectivity index (χ0) is 15.7. The first-order valence-electron chi connectivity index (χ1n) is 7.94. The molecule has 0 bridgehead atoms. The Morgan fingerprint density at radius 1 is 1.43 bits per heavy atom. The average Bonchev–Trinajstić information content (AvgIpc) is 2.44. The topological polar surface area (TPSA) is 84.7 Å². The molecule has 3 N–H and O–H groups in total. The predicted molar refractivity (Wildman–Crippen MR) is 81.7 cm³/mol. The number of likely N-dealkylation sites (tertiary alicyclic amines) is 1. The van der Waals surface area contributed by atoms with Crippen LogP contribution < -0.4 is 11.1 Å². The van der Waals surface area contributed by atoms with Gasteiger partial charge in [0.05, 0.1) is 13.2 Å². The van der Waals surface area contributed by atoms with Gasteiger partial charge >= 0.3 is 5.97 Å². The van der Waals surface area contributed by atoms with E-state index in [0.717, 1.165) is 13.0 Å². The highest BCUT2D eigenvalue weighted by Gasteiger charge is 2.28. The van der Waals surface area contributed by atoms with E-state index in [4.69, 9.17) is 10.5 Å². The fraction of sp³-hybridized carbons (Fsp3) is 0.867. The second kappa shape index (κ2) is 9.73. The minimum absolute atomic E-state index is 0.00593. The van der Waals surface area contributed by atoms with Crippen molar-refractivity contribution in [3.63, 3.8) is 0 Å². The lowest BCUT2D eigenvalue weighted by Gasteiger charge is -2.38. The third-order valence-corrected chi connectivity index (χ3v) is 4.00. The van der Waals surface area contributed by atoms with Crippen LogP contribution in [-0.2, 0) is 14.3 Å². The third kappa shape index (κ3) is 6.44. The number of ether oxygens (including phenoxy) is 1. The van der Waals surface area contributed by atoms with Crippen molar-refractivity contribution in [3.8, 4) is 0 Å². The van der Waals surface area contributed by atoms with Gasteiger partial charge in [0, 0.05) is 25.6 Å². The summed E-state index contributed by atoms with van der Waals surface area (Å²) in [7, 11) is 0. The van der Waals surface area contributed by atoms with Crippen molar-refractivity contribution >= 4 is 11.9 Å². The number of carbonyl (C=O) groups excluding carboxylic acids is 2. The minimum Gasteiger partial charge on any atom is -0.466 e. The number of hydrogen-bond donors (Lipinski definition) is 2. The van der Waals surface area contributed by atoms with Gasteiger partial charge in [0.15, 0.2) is 0 Å². The van der Waals surface area contributed by atoms with E-state index in [9.17, 15) is 9.59 Å². The molecule has 0 aromatic carbocycles. The molecule has 1 fully saturated rings. The predicted octanol–water partition coefficient (Wildman–Crippen LogP) is 0.505. The van der Waals surface area contributed by atoms with Crippen LogP contribution in [0.4, 0.5) is 0 Å². The van der Waals surface area contributed by atoms with Gasteiger partial charge in [-0.05, 0) is 38.6 Å². The lowest BCUT2D eigenvalue weighted by atomic mass is 9.91. The molecule has 1 aliphatic rings. The Bertz CT molecular complexity index is 336. The summed E-state index contributed by atoms with van der Waals surface area (Å²) in [5.74, 6) is 0.339. The van der Waals surface area contributed by atoms with Crippen molar-refractivity contribution in [1.29, 1.82) is 0 Å². The second-order valence-electron chi connectivity index (χ2n) is 5.65. The molecule has 1 saturated heterocycles. The van der Waals surface area contributed by atoms with E-state index in [0.29, 0.717) is 51.0 Å². The van der Waals surface area contributed by atoms with Gasteiger partial charge in [-0.1, -0.05) is 6.92 Å². The van der Waals surface area contributed by atoms with Crippen LogP contribution >= 0.6 is 0 Å². The smallest absolute Gasteiger partial charge is 0.305 e. The first-order valence-corrected chi connectivity index (χ1v) is 7.94. The lowest BCUT2D eigenvalue weighted by Crippen LogP contribution is -2.52. The van der Waals surface area contributed by atoms with Gasteiger partial charge in [0.25, 0.3) is 0 Å². The minimum atomic E-state index is -0.209. The molecule has 6 heteroatoms. The molecule has 2 unspecified atom stereocenters. The number of nitrogens with zero attached hydrogens (tertiary/aromatic N) is 1. The Labute approximate surface area is 127 Å². The van der Waals surface area contributed by atoms with Gasteiger partial charge in [0.2, 0.25) is 5.91 Å². The van der Waals surface area contributed by atoms with E-state index in [-0.39, 0.29) is 11.9 Å². The van der Waals surface area contributed by atoms with Crippen LogP contribution in [0, 0.1) is 5.92 Å². The van der Waals surface area contributed by atoms with Crippen LogP contribution in [0.1, 0.15) is 39.5 Å². The van der Waals surface area contributed by atoms with E-state index in [1.54, 1.807) is 6.92 Å². The SMILES string of the molecule is CCOC(=O)CCCNC(=O)CN1CCCC(C)C1CN. The highest BCUT2D eigenvalue weighted by Crippen LogP contribution is 2.21. The van der Waals surface area contributed by atoms with Crippen LogP contribution in [0.2, 0.25) is 0 Å². The van der Waals surface area contributed by atoms with E-state index in [1.165, 1.54) is 6.42 Å². The normalized spacial score (nSPS) is 22.8. The first kappa shape index (κ1) is 17.9. The molecule has 0 aromatic heterocycles. The molecule has 0 radical (unpaired) electrons. The molecular weight excluding hydrogens is 270 g/mol. The quantitative estimate of drug-likeness (QED) is 0.504. The molecule has 1 aliphatic heterocycles. The summed E-state index contributed by atoms with van der Waals surface area (Å²) >= 11 is 0. The van der Waals surface area contributed by atoms with Gasteiger partial charge in [-0.2, -0.15) is 0 Å². The molecule has 1 heterocycles. The average molecular weight is 299 g/mol. The maximum absolute atomic E-state index is 11.9. The fourth-order valence-corrected chi connectivity index (χ4v) is 2.85. The number of carbonyl (C=O) groups is 2. The fourth-order valence-electron chi connectivity index (χ4n) is 2.85. The Hall–Kier alpha value is -1.14. The summed E-state index contributed by atoms with van der Waals surface area (Å²) in [5, 5.41) is 2.86. The van der Waals surface area contributed by atoms with Crippen molar-refractivity contribution in [1.82, 2.24) is 10.2 Å². The molecule has 122 valence electrons. The van der Waals surface area contributed by atoms with E-state index >= 15 is 0 Å². The number of piperidine rings is 1. The Morgan fingerprint density at radius 3 is 2.86 bits per heavy atom. The van der Waals surface area contributed by atoms with Gasteiger partial charge < -0.3 is 15.8 Å². The zero-order valence-electron chi connectivity index (χ0n) is 13.3. The standard InChI is InChI=1S/C15H29N3O3/c1-3-21-15(20)7-4-8-17-14(19)11-18-9-5-6-12(2)13(18)10-16/h12-13H,3-11,16H2,1-2H3,(H,17,19). The third-order valence-electron chi connectivity index (χ3n) is 4.00. The summed E-state index contributed by atoms with van der Waals surface area (Å²) in [6.45, 7) is 6.81. The Kier molecular flexibility index (Phi) is 8.30. The second-order valence-corrected chi connectivity index (χ2v) is 5.65. The molecule has 1 rings (SSSR count). The van der Waals surface area contributed by atoms with Crippen LogP contribution in [-0.4, -0.2) is 55.6 Å². The van der Waals surface area contributed by atoms with Gasteiger partial charge in [-0.3, -0.25) is 14.5 Å². The van der Waals surface area contributed by atoms with Crippen LogP contribution in [0.5, 0.6) is 0 Å². The van der Waals surface area contributed by atoms with Crippen molar-refractivity contribution < 1.29 is 14.3 Å². The van der Waals surface area contributed by atoms with Crippen LogP contribution in [0.3, 0.4) is 0 Å². The Balaban J connectivity index is 2.22. The maximum Gasteiger partial charge on any atom is 0.305 e. The van der Waals surface area contributed by atoms with Crippen molar-refractivity contribution in [3.05, 3.63) is 0 Å². The van der Waals surface area contributed by atoms with E-state index in [2.05, 4.69) is 17.1 Å². The zero-order valence-corrected chi connectivity index (χ0v) is 13.3. The number of hydrogen-bond acceptors (Lipinski definition) is 5. The largest absolute Gasteiger partial charge is 0.466 e. The molecule has 0 aromatic rings. The van der Waals surface area contributed by atoms with Gasteiger partial charge in [0.1, 0.15) is 0 Å². The molecule has 0 aliphatic carbocycles. The van der Waals surface area contributed by atoms with Crippen LogP contribution in [0.15, 0.2) is 0 Å². The summed E-state index contributed by atoms with van der Waals surface area (Å²) in [4.78, 5) is 25.3. The molecule has 6 nitrogen and oxygen atoms in total. The molecule has 0 saturated carbocycles. The van der Waals surface area contributed by atoms with E-state index < -0.39 is 0 Å². The lowest BCUT2D eigenvalue weighted by molar-refractivity contribution is -0.143. The molecule has 0 spiro atoms. The monoisotopic (exact) mass is 299 g/mol. The summed E-state index contributed by atoms with van der Waals surface area (Å²) in [6, 6.07) is 0.295. The number of rotatable bonds is 8. The molecular formula is C15H29N3O3. The Morgan fingerprint density at radius 2 is 2.19 bits per heavy atom. The maximum atomic E-state index is 11.9. The summed E-state index contributed by atoms with van der Waals surface area (Å²) in [6.07, 6.45) is 3.26.